The van der Waals surface area contributed by atoms with E-state index in [0.29, 0.717) is 30.0 Å². The van der Waals surface area contributed by atoms with Crippen LogP contribution >= 0.6 is 0 Å². The van der Waals surface area contributed by atoms with Gasteiger partial charge >= 0.3 is 0 Å². The number of carbonyl (C=O) groups excluding carboxylic acids is 2. The number of H-pyrrole nitrogens is 1. The van der Waals surface area contributed by atoms with Crippen LogP contribution in [0.2, 0.25) is 0 Å². The molecule has 4 aromatic rings. The van der Waals surface area contributed by atoms with Crippen LogP contribution < -0.4 is 15.0 Å². The van der Waals surface area contributed by atoms with E-state index >= 15 is 0 Å². The lowest BCUT2D eigenvalue weighted by Gasteiger charge is -2.17. The Morgan fingerprint density at radius 2 is 1.74 bits per heavy atom. The Morgan fingerprint density at radius 3 is 2.51 bits per heavy atom. The lowest BCUT2D eigenvalue weighted by Crippen LogP contribution is -2.18. The van der Waals surface area contributed by atoms with Gasteiger partial charge in [-0.15, -0.1) is 0 Å². The standard InChI is InChI=1S/C28H28N4O3/c33-26(21-9-11-22(12-10-21)32-16-4-5-17-32)19-35-23-13-14-25-24(18-23)28(31-30-25)29-27(34)15-8-20-6-2-1-3-7-20/h1-3,6-7,9-14,18H,4-5,8,15-17,19H2,(H2,29,30,31,34). The van der Waals surface area contributed by atoms with Gasteiger partial charge in [0.15, 0.2) is 18.2 Å². The molecule has 0 bridgehead atoms. The van der Waals surface area contributed by atoms with Crippen LogP contribution in [0.15, 0.2) is 72.8 Å². The number of carbonyl (C=O) groups is 2. The van der Waals surface area contributed by atoms with Crippen molar-refractivity contribution < 1.29 is 14.3 Å². The average Bonchev–Trinajstić information content (AvgIpc) is 3.57. The molecule has 0 radical (unpaired) electrons. The van der Waals surface area contributed by atoms with E-state index in [2.05, 4.69) is 20.4 Å². The predicted octanol–water partition coefficient (Wildman–Crippen LogP) is 5.00. The smallest absolute Gasteiger partial charge is 0.225 e. The second kappa shape index (κ2) is 10.4. The molecular formula is C28H28N4O3. The first-order chi connectivity index (χ1) is 17.2. The van der Waals surface area contributed by atoms with Gasteiger partial charge in [-0.3, -0.25) is 14.7 Å². The number of Topliss-reactive ketones (excluding diaryl/α,β-unsaturated/α-hetero) is 1. The molecule has 7 heteroatoms. The molecule has 0 spiro atoms. The van der Waals surface area contributed by atoms with Crippen molar-refractivity contribution in [1.82, 2.24) is 10.2 Å². The third-order valence-corrected chi connectivity index (χ3v) is 6.31. The van der Waals surface area contributed by atoms with Crippen molar-refractivity contribution in [3.63, 3.8) is 0 Å². The Kier molecular flexibility index (Phi) is 6.75. The molecule has 1 saturated heterocycles. The van der Waals surface area contributed by atoms with Crippen molar-refractivity contribution in [2.24, 2.45) is 0 Å². The number of fused-ring (bicyclic) bond motifs is 1. The number of nitrogens with zero attached hydrogens (tertiary/aromatic N) is 2. The normalized spacial score (nSPS) is 13.2. The van der Waals surface area contributed by atoms with Gasteiger partial charge < -0.3 is 15.0 Å². The predicted molar refractivity (Wildman–Crippen MR) is 137 cm³/mol. The number of rotatable bonds is 9. The number of aromatic amines is 1. The van der Waals surface area contributed by atoms with Gasteiger partial charge in [0.25, 0.3) is 0 Å². The van der Waals surface area contributed by atoms with Crippen molar-refractivity contribution in [2.45, 2.75) is 25.7 Å². The first kappa shape index (κ1) is 22.7. The molecular weight excluding hydrogens is 440 g/mol. The molecule has 7 nitrogen and oxygen atoms in total. The third-order valence-electron chi connectivity index (χ3n) is 6.31. The zero-order valence-electron chi connectivity index (χ0n) is 19.5. The van der Waals surface area contributed by atoms with Crippen LogP contribution in [0, 0.1) is 0 Å². The van der Waals surface area contributed by atoms with Crippen molar-refractivity contribution in [2.75, 3.05) is 29.9 Å². The number of anilines is 2. The lowest BCUT2D eigenvalue weighted by molar-refractivity contribution is -0.116. The molecule has 1 aliphatic rings. The summed E-state index contributed by atoms with van der Waals surface area (Å²) >= 11 is 0. The van der Waals surface area contributed by atoms with Gasteiger partial charge in [-0.1, -0.05) is 30.3 Å². The van der Waals surface area contributed by atoms with Crippen LogP contribution in [0.3, 0.4) is 0 Å². The second-order valence-corrected chi connectivity index (χ2v) is 8.77. The van der Waals surface area contributed by atoms with E-state index in [1.807, 2.05) is 60.7 Å². The van der Waals surface area contributed by atoms with Crippen LogP contribution in [0.4, 0.5) is 11.5 Å². The Bertz CT molecular complexity index is 1310. The van der Waals surface area contributed by atoms with Crippen molar-refractivity contribution in [3.8, 4) is 5.75 Å². The highest BCUT2D eigenvalue weighted by molar-refractivity contribution is 6.00. The maximum Gasteiger partial charge on any atom is 0.225 e. The van der Waals surface area contributed by atoms with Crippen LogP contribution in [0.1, 0.15) is 35.2 Å². The van der Waals surface area contributed by atoms with Gasteiger partial charge in [0.2, 0.25) is 5.91 Å². The van der Waals surface area contributed by atoms with Gasteiger partial charge in [0.05, 0.1) is 5.52 Å². The zero-order chi connectivity index (χ0) is 24.0. The SMILES string of the molecule is O=C(CCc1ccccc1)Nc1n[nH]c2ccc(OCC(=O)c3ccc(N4CCCC4)cc3)cc12. The topological polar surface area (TPSA) is 87.3 Å². The van der Waals surface area contributed by atoms with E-state index in [4.69, 9.17) is 4.74 Å². The summed E-state index contributed by atoms with van der Waals surface area (Å²) in [6.45, 7) is 2.08. The summed E-state index contributed by atoms with van der Waals surface area (Å²) in [4.78, 5) is 27.4. The number of hydrogen-bond donors (Lipinski definition) is 2. The van der Waals surface area contributed by atoms with E-state index in [9.17, 15) is 9.59 Å². The summed E-state index contributed by atoms with van der Waals surface area (Å²) in [6, 6.07) is 23.0. The fourth-order valence-corrected chi connectivity index (χ4v) is 4.34. The Morgan fingerprint density at radius 1 is 0.971 bits per heavy atom. The number of hydrogen-bond acceptors (Lipinski definition) is 5. The zero-order valence-corrected chi connectivity index (χ0v) is 19.5. The fourth-order valence-electron chi connectivity index (χ4n) is 4.34. The molecule has 3 aromatic carbocycles. The summed E-state index contributed by atoms with van der Waals surface area (Å²) in [5.74, 6) is 0.800. The van der Waals surface area contributed by atoms with Gasteiger partial charge in [0, 0.05) is 36.1 Å². The highest BCUT2D eigenvalue weighted by Gasteiger charge is 2.14. The molecule has 5 rings (SSSR count). The van der Waals surface area contributed by atoms with E-state index in [0.717, 1.165) is 35.2 Å². The minimum atomic E-state index is -0.110. The average molecular weight is 469 g/mol. The summed E-state index contributed by atoms with van der Waals surface area (Å²) in [5.41, 5.74) is 3.67. The first-order valence-corrected chi connectivity index (χ1v) is 12.0. The Hall–Kier alpha value is -4.13. The molecule has 35 heavy (non-hydrogen) atoms. The van der Waals surface area contributed by atoms with Gasteiger partial charge in [-0.05, 0) is 67.3 Å². The van der Waals surface area contributed by atoms with Gasteiger partial charge in [-0.2, -0.15) is 5.10 Å². The van der Waals surface area contributed by atoms with Crippen LogP contribution in [0.25, 0.3) is 10.9 Å². The molecule has 0 atom stereocenters. The molecule has 1 amide bonds. The number of ketones is 1. The number of nitrogens with one attached hydrogen (secondary N) is 2. The molecule has 1 aliphatic heterocycles. The highest BCUT2D eigenvalue weighted by atomic mass is 16.5. The number of ether oxygens (including phenoxy) is 1. The Labute approximate surface area is 204 Å². The summed E-state index contributed by atoms with van der Waals surface area (Å²) in [7, 11) is 0. The molecule has 178 valence electrons. The maximum absolute atomic E-state index is 12.7. The van der Waals surface area contributed by atoms with Crippen LogP contribution in [0.5, 0.6) is 5.75 Å². The molecule has 0 aliphatic carbocycles. The molecule has 0 saturated carbocycles. The van der Waals surface area contributed by atoms with Crippen molar-refractivity contribution >= 4 is 34.1 Å². The summed E-state index contributed by atoms with van der Waals surface area (Å²) in [6.07, 6.45) is 3.45. The number of benzene rings is 3. The number of aromatic nitrogens is 2. The van der Waals surface area contributed by atoms with Crippen LogP contribution in [-0.4, -0.2) is 41.6 Å². The minimum absolute atomic E-state index is 0.0643. The number of amides is 1. The van der Waals surface area contributed by atoms with Gasteiger partial charge in [0.1, 0.15) is 5.75 Å². The quantitative estimate of drug-likeness (QED) is 0.338. The van der Waals surface area contributed by atoms with E-state index in [1.165, 1.54) is 12.8 Å². The largest absolute Gasteiger partial charge is 0.485 e. The lowest BCUT2D eigenvalue weighted by atomic mass is 10.1. The van der Waals surface area contributed by atoms with Gasteiger partial charge in [-0.25, -0.2) is 0 Å². The van der Waals surface area contributed by atoms with Crippen LogP contribution in [-0.2, 0) is 11.2 Å². The molecule has 1 aromatic heterocycles. The van der Waals surface area contributed by atoms with Crippen molar-refractivity contribution in [3.05, 3.63) is 83.9 Å². The molecule has 2 heterocycles. The summed E-state index contributed by atoms with van der Waals surface area (Å²) in [5, 5.41) is 10.8. The van der Waals surface area contributed by atoms with E-state index in [1.54, 1.807) is 12.1 Å². The minimum Gasteiger partial charge on any atom is -0.485 e. The molecule has 0 unspecified atom stereocenters. The Balaban J connectivity index is 1.19. The second-order valence-electron chi connectivity index (χ2n) is 8.77. The summed E-state index contributed by atoms with van der Waals surface area (Å²) < 4.78 is 5.78. The molecule has 2 N–H and O–H groups in total. The maximum atomic E-state index is 12.7. The third kappa shape index (κ3) is 5.51. The highest BCUT2D eigenvalue weighted by Crippen LogP contribution is 2.26. The van der Waals surface area contributed by atoms with E-state index in [-0.39, 0.29) is 18.3 Å². The number of aryl methyl sites for hydroxylation is 1. The fraction of sp³-hybridized carbons (Fsp3) is 0.250. The first-order valence-electron chi connectivity index (χ1n) is 12.0. The monoisotopic (exact) mass is 468 g/mol. The molecule has 1 fully saturated rings. The van der Waals surface area contributed by atoms with Crippen molar-refractivity contribution in [1.29, 1.82) is 0 Å². The van der Waals surface area contributed by atoms with E-state index < -0.39 is 0 Å².